The Kier molecular flexibility index (Phi) is 16.8. The number of amides is 2. The summed E-state index contributed by atoms with van der Waals surface area (Å²) in [6, 6.07) is 12.0. The van der Waals surface area contributed by atoms with Crippen LogP contribution in [0.25, 0.3) is 0 Å². The van der Waals surface area contributed by atoms with Gasteiger partial charge < -0.3 is 44.1 Å². The number of hydrogen-bond acceptors (Lipinski definition) is 12. The number of carboxylic acids is 1. The zero-order valence-electron chi connectivity index (χ0n) is 36.7. The van der Waals surface area contributed by atoms with Gasteiger partial charge in [0.05, 0.1) is 7.11 Å². The summed E-state index contributed by atoms with van der Waals surface area (Å²) in [5.41, 5.74) is 1.27. The fourth-order valence-corrected chi connectivity index (χ4v) is 6.63. The number of rotatable bonds is 10. The molecule has 322 valence electrons. The summed E-state index contributed by atoms with van der Waals surface area (Å²) in [7, 11) is 1.40. The van der Waals surface area contributed by atoms with Crippen molar-refractivity contribution in [2.45, 2.75) is 117 Å². The average molecular weight is 819 g/mol. The van der Waals surface area contributed by atoms with Crippen molar-refractivity contribution in [3.63, 3.8) is 0 Å². The number of carbonyl (C=O) groups is 4. The first-order chi connectivity index (χ1) is 26.7. The maximum atomic E-state index is 12.2. The minimum absolute atomic E-state index is 0. The van der Waals surface area contributed by atoms with Crippen LogP contribution in [0.15, 0.2) is 36.4 Å². The number of benzene rings is 2. The summed E-state index contributed by atoms with van der Waals surface area (Å²) >= 11 is 0. The van der Waals surface area contributed by atoms with Gasteiger partial charge in [0.25, 0.3) is 0 Å². The van der Waals surface area contributed by atoms with Crippen molar-refractivity contribution in [3.8, 4) is 11.5 Å². The van der Waals surface area contributed by atoms with Crippen LogP contribution in [0.4, 0.5) is 9.59 Å². The molecule has 0 bridgehead atoms. The smallest absolute Gasteiger partial charge is 0.870 e. The van der Waals surface area contributed by atoms with E-state index < -0.39 is 28.4 Å². The van der Waals surface area contributed by atoms with Crippen LogP contribution >= 0.6 is 0 Å². The molecular weight excluding hydrogens is 755 g/mol. The topological polar surface area (TPSA) is 178 Å². The van der Waals surface area contributed by atoms with E-state index in [1.807, 2.05) is 79.7 Å². The first kappa shape index (κ1) is 49.4. The van der Waals surface area contributed by atoms with Crippen LogP contribution in [0, 0.1) is 13.8 Å². The van der Waals surface area contributed by atoms with Gasteiger partial charge in [0, 0.05) is 102 Å². The molecule has 4 fully saturated rings. The number of piperazine rings is 2. The summed E-state index contributed by atoms with van der Waals surface area (Å²) in [6.07, 6.45) is 1.92. The van der Waals surface area contributed by atoms with E-state index in [-0.39, 0.29) is 42.5 Å². The predicted octanol–water partition coefficient (Wildman–Crippen LogP) is 3.00. The van der Waals surface area contributed by atoms with E-state index >= 15 is 0 Å². The standard InChI is InChI=1S/C22H32N2O5.C21H30N2O5.Li.H2O/c1-16-6-7-17(18(14-16)28-22(8-9-22)19(25)27-5)15-23-10-12-24(13-11-23)20(26)29-21(2,3)4;1-15-5-6-16(17(13-15)27-21(7-8-21)18(24)25)14-22-9-11-23(12-10-22)19(26)28-20(2,3)4;;/h6-7,14H,8-13,15H2,1-5H3;5-6,13H,7-12,14H2,1-4H3,(H,24,25);;1H2/q;;+1;/p-1. The molecule has 2 aromatic rings. The van der Waals surface area contributed by atoms with Crippen molar-refractivity contribution in [1.82, 2.24) is 19.6 Å². The van der Waals surface area contributed by atoms with E-state index in [2.05, 4.69) is 21.9 Å². The van der Waals surface area contributed by atoms with E-state index in [1.165, 1.54) is 7.11 Å². The summed E-state index contributed by atoms with van der Waals surface area (Å²) in [5, 5.41) is 9.42. The predicted molar refractivity (Wildman–Crippen MR) is 215 cm³/mol. The largest absolute Gasteiger partial charge is 1.00 e. The third-order valence-corrected chi connectivity index (χ3v) is 10.2. The van der Waals surface area contributed by atoms with Gasteiger partial charge in [0.15, 0.2) is 0 Å². The second-order valence-corrected chi connectivity index (χ2v) is 17.7. The molecule has 2 heterocycles. The van der Waals surface area contributed by atoms with Gasteiger partial charge in [0.2, 0.25) is 11.2 Å². The monoisotopic (exact) mass is 818 g/mol. The van der Waals surface area contributed by atoms with E-state index in [9.17, 15) is 24.3 Å². The minimum Gasteiger partial charge on any atom is -0.870 e. The molecule has 2 aliphatic carbocycles. The van der Waals surface area contributed by atoms with Gasteiger partial charge >= 0.3 is 43.0 Å². The van der Waals surface area contributed by atoms with E-state index in [0.717, 1.165) is 54.2 Å². The second kappa shape index (κ2) is 20.0. The number of hydrogen-bond donors (Lipinski definition) is 1. The van der Waals surface area contributed by atoms with Gasteiger partial charge in [-0.15, -0.1) is 0 Å². The minimum atomic E-state index is -1.06. The molecule has 2 N–H and O–H groups in total. The first-order valence-corrected chi connectivity index (χ1v) is 20.0. The Morgan fingerprint density at radius 1 is 0.627 bits per heavy atom. The third kappa shape index (κ3) is 14.0. The Hall–Kier alpha value is -4.00. The number of ether oxygens (including phenoxy) is 5. The van der Waals surface area contributed by atoms with Crippen LogP contribution in [0.3, 0.4) is 0 Å². The van der Waals surface area contributed by atoms with Crippen LogP contribution in [-0.4, -0.2) is 136 Å². The molecule has 0 aromatic heterocycles. The molecule has 16 heteroatoms. The molecule has 2 saturated heterocycles. The van der Waals surface area contributed by atoms with Gasteiger partial charge in [-0.25, -0.2) is 19.2 Å². The summed E-state index contributed by atoms with van der Waals surface area (Å²) in [4.78, 5) is 56.0. The molecule has 59 heavy (non-hydrogen) atoms. The molecule has 6 rings (SSSR count). The Bertz CT molecular complexity index is 1770. The molecule has 4 aliphatic rings. The Balaban J connectivity index is 0.000000305. The Labute approximate surface area is 361 Å². The molecule has 2 aromatic carbocycles. The fraction of sp³-hybridized carbons (Fsp3) is 0.628. The zero-order valence-corrected chi connectivity index (χ0v) is 36.7. The number of esters is 1. The molecule has 0 atom stereocenters. The quantitative estimate of drug-likeness (QED) is 0.211. The molecular formula is C43H63LiN4O11. The van der Waals surface area contributed by atoms with Gasteiger partial charge in [-0.05, 0) is 78.6 Å². The van der Waals surface area contributed by atoms with Crippen molar-refractivity contribution in [1.29, 1.82) is 0 Å². The van der Waals surface area contributed by atoms with Crippen LogP contribution in [0.1, 0.15) is 89.5 Å². The number of methoxy groups -OCH3 is 1. The molecule has 0 unspecified atom stereocenters. The molecule has 2 saturated carbocycles. The normalized spacial score (nSPS) is 18.4. The molecule has 15 nitrogen and oxygen atoms in total. The molecule has 0 spiro atoms. The molecule has 2 aliphatic heterocycles. The van der Waals surface area contributed by atoms with Crippen LogP contribution in [-0.2, 0) is 36.9 Å². The number of carbonyl (C=O) groups excluding carboxylic acids is 3. The van der Waals surface area contributed by atoms with E-state index in [1.54, 1.807) is 9.80 Å². The maximum Gasteiger partial charge on any atom is 1.00 e. The third-order valence-electron chi connectivity index (χ3n) is 10.2. The average Bonchev–Trinajstić information content (AvgIpc) is 4.07. The Morgan fingerprint density at radius 3 is 1.29 bits per heavy atom. The maximum absolute atomic E-state index is 12.2. The summed E-state index contributed by atoms with van der Waals surface area (Å²) < 4.78 is 27.9. The van der Waals surface area contributed by atoms with Gasteiger partial charge in [0.1, 0.15) is 22.7 Å². The van der Waals surface area contributed by atoms with Gasteiger partial charge in [-0.1, -0.05) is 24.3 Å². The van der Waals surface area contributed by atoms with E-state index in [0.29, 0.717) is 70.7 Å². The Morgan fingerprint density at radius 2 is 0.983 bits per heavy atom. The van der Waals surface area contributed by atoms with E-state index in [4.69, 9.17) is 23.7 Å². The summed E-state index contributed by atoms with van der Waals surface area (Å²) in [5.74, 6) is 0.179. The number of nitrogens with zero attached hydrogens (tertiary/aromatic N) is 4. The van der Waals surface area contributed by atoms with Gasteiger partial charge in [-0.3, -0.25) is 9.80 Å². The van der Waals surface area contributed by atoms with Crippen molar-refractivity contribution in [3.05, 3.63) is 58.7 Å². The van der Waals surface area contributed by atoms with Crippen molar-refractivity contribution in [2.24, 2.45) is 0 Å². The fourth-order valence-electron chi connectivity index (χ4n) is 6.63. The number of aliphatic carboxylic acids is 1. The van der Waals surface area contributed by atoms with Crippen LogP contribution < -0.4 is 28.3 Å². The summed E-state index contributed by atoms with van der Waals surface area (Å²) in [6.45, 7) is 22.0. The molecule has 0 radical (unpaired) electrons. The van der Waals surface area contributed by atoms with Crippen LogP contribution in [0.5, 0.6) is 11.5 Å². The number of aryl methyl sites for hydroxylation is 2. The van der Waals surface area contributed by atoms with Crippen molar-refractivity contribution < 1.29 is 72.3 Å². The zero-order chi connectivity index (χ0) is 41.8. The SMILES string of the molecule is COC(=O)C1(Oc2cc(C)ccc2CN2CCN(C(=O)OC(C)(C)C)CC2)CC1.Cc1ccc(CN2CCN(C(=O)OC(C)(C)C)CC2)c(OC2(C(=O)O)CC2)c1.[Li+].[OH-]. The van der Waals surface area contributed by atoms with Crippen molar-refractivity contribution >= 4 is 24.1 Å². The molecule has 2 amide bonds. The van der Waals surface area contributed by atoms with Gasteiger partial charge in [-0.2, -0.15) is 0 Å². The second-order valence-electron chi connectivity index (χ2n) is 17.7. The van der Waals surface area contributed by atoms with Crippen LogP contribution in [0.2, 0.25) is 0 Å². The van der Waals surface area contributed by atoms with Crippen molar-refractivity contribution in [2.75, 3.05) is 59.5 Å². The first-order valence-electron chi connectivity index (χ1n) is 20.0. The number of carboxylic acid groups (broad SMARTS) is 1.